The molecule has 0 N–H and O–H groups in total. The van der Waals surface area contributed by atoms with Gasteiger partial charge in [0.05, 0.1) is 28.2 Å². The van der Waals surface area contributed by atoms with E-state index >= 15 is 0 Å². The Hall–Kier alpha value is -9.73. The van der Waals surface area contributed by atoms with Crippen molar-refractivity contribution in [3.63, 3.8) is 0 Å². The van der Waals surface area contributed by atoms with Crippen LogP contribution in [0.4, 0.5) is 34.1 Å². The van der Waals surface area contributed by atoms with Gasteiger partial charge in [0.1, 0.15) is 11.4 Å². The molecule has 0 saturated carbocycles. The normalized spacial score (nSPS) is 14.5. The average Bonchev–Trinajstić information content (AvgIpc) is 3.74. The van der Waals surface area contributed by atoms with E-state index in [4.69, 9.17) is 34.4 Å². The van der Waals surface area contributed by atoms with E-state index in [2.05, 4.69) is 125 Å². The molecule has 2 aliphatic heterocycles. The standard InChI is InChI=1S/C62H39N7O2/c1-5-19-40(20-6-1)59-65-60(41-21-7-2-8-22-41)67-61(66-59)50-36-34-48-56(64-50)55-47(30-18-38-63-55)62(48)46-29-13-15-32-53(46)70-57-49(62)35-37-52-58(57)71-54-33-16-14-31-51(54)69(52)45-28-17-27-44(39-45)68(42-23-9-3-10-24-42)43-25-11-4-12-26-43/h1-39H. The highest BCUT2D eigenvalue weighted by Gasteiger charge is 2.54. The number of pyridine rings is 2. The maximum absolute atomic E-state index is 7.15. The Labute approximate surface area is 409 Å². The van der Waals surface area contributed by atoms with Gasteiger partial charge < -0.3 is 19.3 Å². The zero-order chi connectivity index (χ0) is 46.9. The lowest BCUT2D eigenvalue weighted by Gasteiger charge is -2.41. The van der Waals surface area contributed by atoms with Crippen molar-refractivity contribution < 1.29 is 9.47 Å². The number of fused-ring (bicyclic) bond motifs is 12. The SMILES string of the molecule is c1ccc(-c2nc(-c3ccccc3)nc(-c3ccc4c(n3)-c3ncccc3C43c4ccccc4Oc4c3ccc3c4Oc4ccccc4N3c3cccc(N(c4ccccc4)c4ccccc4)c3)n2)cc1. The molecule has 9 nitrogen and oxygen atoms in total. The first-order valence-electron chi connectivity index (χ1n) is 23.6. The Morgan fingerprint density at radius 1 is 0.380 bits per heavy atom. The molecule has 1 unspecified atom stereocenters. The van der Waals surface area contributed by atoms with Crippen LogP contribution in [-0.4, -0.2) is 24.9 Å². The fraction of sp³-hybridized carbons (Fsp3) is 0.0161. The summed E-state index contributed by atoms with van der Waals surface area (Å²) in [5.41, 5.74) is 12.7. The average molecular weight is 914 g/mol. The molecule has 9 heteroatoms. The Morgan fingerprint density at radius 2 is 0.944 bits per heavy atom. The zero-order valence-electron chi connectivity index (χ0n) is 38.0. The molecule has 0 saturated heterocycles. The molecular formula is C62H39N7O2. The number of benzene rings is 8. The van der Waals surface area contributed by atoms with Crippen LogP contribution in [0.15, 0.2) is 237 Å². The van der Waals surface area contributed by atoms with Crippen molar-refractivity contribution in [2.45, 2.75) is 5.41 Å². The van der Waals surface area contributed by atoms with Gasteiger partial charge in [0.15, 0.2) is 34.7 Å². The molecular weight excluding hydrogens is 875 g/mol. The van der Waals surface area contributed by atoms with E-state index in [9.17, 15) is 0 Å². The van der Waals surface area contributed by atoms with Crippen LogP contribution in [-0.2, 0) is 5.41 Å². The maximum Gasteiger partial charge on any atom is 0.194 e. The number of nitrogens with zero attached hydrogens (tertiary/aromatic N) is 7. The molecule has 1 aliphatic carbocycles. The van der Waals surface area contributed by atoms with Gasteiger partial charge in [-0.15, -0.1) is 0 Å². The lowest BCUT2D eigenvalue weighted by molar-refractivity contribution is 0.391. The largest absolute Gasteiger partial charge is 0.453 e. The second kappa shape index (κ2) is 16.2. The van der Waals surface area contributed by atoms with Gasteiger partial charge in [-0.1, -0.05) is 152 Å². The fourth-order valence-corrected chi connectivity index (χ4v) is 10.6. The van der Waals surface area contributed by atoms with Crippen molar-refractivity contribution in [2.75, 3.05) is 9.80 Å². The van der Waals surface area contributed by atoms with E-state index < -0.39 is 5.41 Å². The van der Waals surface area contributed by atoms with Gasteiger partial charge in [-0.25, -0.2) is 19.9 Å². The van der Waals surface area contributed by atoms with Crippen molar-refractivity contribution in [2.24, 2.45) is 0 Å². The number of para-hydroxylation sites is 5. The third-order valence-electron chi connectivity index (χ3n) is 13.6. The Balaban J connectivity index is 0.956. The summed E-state index contributed by atoms with van der Waals surface area (Å²) in [6, 6.07) is 78.7. The van der Waals surface area contributed by atoms with Crippen molar-refractivity contribution in [1.82, 2.24) is 24.9 Å². The van der Waals surface area contributed by atoms with Gasteiger partial charge in [0.2, 0.25) is 0 Å². The summed E-state index contributed by atoms with van der Waals surface area (Å²) in [7, 11) is 0. The van der Waals surface area contributed by atoms with Crippen molar-refractivity contribution in [1.29, 1.82) is 0 Å². The van der Waals surface area contributed by atoms with E-state index in [0.29, 0.717) is 40.4 Å². The van der Waals surface area contributed by atoms with Gasteiger partial charge in [-0.05, 0) is 90.0 Å². The lowest BCUT2D eigenvalue weighted by Crippen LogP contribution is -2.33. The first kappa shape index (κ1) is 40.3. The molecule has 0 radical (unpaired) electrons. The monoisotopic (exact) mass is 913 g/mol. The van der Waals surface area contributed by atoms with Crippen LogP contribution in [0.1, 0.15) is 22.3 Å². The molecule has 1 atom stereocenters. The van der Waals surface area contributed by atoms with Crippen molar-refractivity contribution in [3.05, 3.63) is 259 Å². The van der Waals surface area contributed by atoms with Gasteiger partial charge in [0.25, 0.3) is 0 Å². The van der Waals surface area contributed by atoms with Crippen LogP contribution in [0.3, 0.4) is 0 Å². The predicted octanol–water partition coefficient (Wildman–Crippen LogP) is 15.2. The molecule has 11 aromatic rings. The number of hydrogen-bond donors (Lipinski definition) is 0. The van der Waals surface area contributed by atoms with Gasteiger partial charge in [0, 0.05) is 51.2 Å². The second-order valence-electron chi connectivity index (χ2n) is 17.6. The molecule has 334 valence electrons. The minimum atomic E-state index is -0.885. The third-order valence-corrected chi connectivity index (χ3v) is 13.6. The highest BCUT2D eigenvalue weighted by Crippen LogP contribution is 2.66. The van der Waals surface area contributed by atoms with Gasteiger partial charge in [-0.3, -0.25) is 4.98 Å². The summed E-state index contributed by atoms with van der Waals surface area (Å²) < 4.78 is 14.2. The van der Waals surface area contributed by atoms with Crippen LogP contribution < -0.4 is 19.3 Å². The molecule has 0 fully saturated rings. The third kappa shape index (κ3) is 6.37. The van der Waals surface area contributed by atoms with Crippen molar-refractivity contribution in [3.8, 4) is 68.7 Å². The first-order chi connectivity index (χ1) is 35.2. The molecule has 5 heterocycles. The van der Waals surface area contributed by atoms with Crippen molar-refractivity contribution >= 4 is 34.1 Å². The predicted molar refractivity (Wildman–Crippen MR) is 279 cm³/mol. The number of ether oxygens (including phenoxy) is 2. The number of anilines is 6. The Bertz CT molecular complexity index is 3760. The number of rotatable bonds is 7. The van der Waals surface area contributed by atoms with Crippen LogP contribution in [0.2, 0.25) is 0 Å². The first-order valence-corrected chi connectivity index (χ1v) is 23.6. The Kier molecular flexibility index (Phi) is 9.21. The number of hydrogen-bond acceptors (Lipinski definition) is 9. The highest BCUT2D eigenvalue weighted by atomic mass is 16.5. The van der Waals surface area contributed by atoms with Crippen LogP contribution in [0, 0.1) is 0 Å². The van der Waals surface area contributed by atoms with Crippen LogP contribution in [0.25, 0.3) is 45.7 Å². The molecule has 71 heavy (non-hydrogen) atoms. The van der Waals surface area contributed by atoms with E-state index in [1.807, 2.05) is 121 Å². The molecule has 3 aromatic heterocycles. The highest BCUT2D eigenvalue weighted by molar-refractivity contribution is 5.93. The molecule has 0 bridgehead atoms. The van der Waals surface area contributed by atoms with Crippen LogP contribution >= 0.6 is 0 Å². The summed E-state index contributed by atoms with van der Waals surface area (Å²) in [5.74, 6) is 4.25. The lowest BCUT2D eigenvalue weighted by atomic mass is 9.66. The van der Waals surface area contributed by atoms with Crippen LogP contribution in [0.5, 0.6) is 23.0 Å². The fourth-order valence-electron chi connectivity index (χ4n) is 10.6. The zero-order valence-corrected chi connectivity index (χ0v) is 38.0. The summed E-state index contributed by atoms with van der Waals surface area (Å²) in [4.78, 5) is 30.2. The van der Waals surface area contributed by atoms with Gasteiger partial charge >= 0.3 is 0 Å². The summed E-state index contributed by atoms with van der Waals surface area (Å²) >= 11 is 0. The molecule has 8 aromatic carbocycles. The molecule has 14 rings (SSSR count). The van der Waals surface area contributed by atoms with E-state index in [1.165, 1.54) is 0 Å². The van der Waals surface area contributed by atoms with Gasteiger partial charge in [-0.2, -0.15) is 0 Å². The minimum Gasteiger partial charge on any atom is -0.453 e. The molecule has 0 amide bonds. The van der Waals surface area contributed by atoms with E-state index in [-0.39, 0.29) is 0 Å². The van der Waals surface area contributed by atoms with E-state index in [1.54, 1.807) is 0 Å². The maximum atomic E-state index is 7.15. The summed E-state index contributed by atoms with van der Waals surface area (Å²) in [5, 5.41) is 0. The quantitative estimate of drug-likeness (QED) is 0.155. The Morgan fingerprint density at radius 3 is 1.66 bits per heavy atom. The smallest absolute Gasteiger partial charge is 0.194 e. The minimum absolute atomic E-state index is 0.465. The number of aromatic nitrogens is 5. The molecule has 1 spiro atoms. The topological polar surface area (TPSA) is 89.4 Å². The summed E-state index contributed by atoms with van der Waals surface area (Å²) in [6.45, 7) is 0. The second-order valence-corrected chi connectivity index (χ2v) is 17.6. The van der Waals surface area contributed by atoms with E-state index in [0.717, 1.165) is 84.6 Å². The summed E-state index contributed by atoms with van der Waals surface area (Å²) in [6.07, 6.45) is 1.84. The molecule has 3 aliphatic rings.